The predicted molar refractivity (Wildman–Crippen MR) is 180 cm³/mol. The Morgan fingerprint density at radius 2 is 1.61 bits per heavy atom. The Bertz CT molecular complexity index is 1070. The molecule has 0 saturated carbocycles. The third-order valence-corrected chi connectivity index (χ3v) is 7.54. The molecule has 0 spiro atoms. The fourth-order valence-corrected chi connectivity index (χ4v) is 4.95. The molecule has 0 N–H and O–H groups in total. The highest BCUT2D eigenvalue weighted by Gasteiger charge is 2.32. The lowest BCUT2D eigenvalue weighted by Gasteiger charge is -2.25. The number of ether oxygens (including phenoxy) is 12. The van der Waals surface area contributed by atoms with Gasteiger partial charge in [0.2, 0.25) is 12.6 Å². The van der Waals surface area contributed by atoms with Crippen molar-refractivity contribution in [2.45, 2.75) is 64.7 Å². The molecule has 0 radical (unpaired) electrons. The van der Waals surface area contributed by atoms with Gasteiger partial charge in [-0.15, -0.1) is 0 Å². The van der Waals surface area contributed by atoms with Crippen molar-refractivity contribution in [2.75, 3.05) is 108 Å². The maximum Gasteiger partial charge on any atom is 0.341 e. The molecule has 5 aliphatic heterocycles. The third kappa shape index (κ3) is 16.5. The van der Waals surface area contributed by atoms with Gasteiger partial charge in [-0.2, -0.15) is 0 Å². The van der Waals surface area contributed by atoms with Crippen LogP contribution in [0.2, 0.25) is 0 Å². The number of benzene rings is 1. The van der Waals surface area contributed by atoms with E-state index in [2.05, 4.69) is 4.90 Å². The van der Waals surface area contributed by atoms with Gasteiger partial charge >= 0.3 is 5.97 Å². The van der Waals surface area contributed by atoms with E-state index in [0.29, 0.717) is 31.5 Å². The highest BCUT2D eigenvalue weighted by atomic mass is 16.7. The Kier molecular flexibility index (Phi) is 20.9. The highest BCUT2D eigenvalue weighted by Crippen LogP contribution is 2.30. The number of carbonyl (C=O) groups is 1. The van der Waals surface area contributed by atoms with Crippen molar-refractivity contribution in [3.05, 3.63) is 46.9 Å². The molecule has 4 atom stereocenters. The fourth-order valence-electron chi connectivity index (χ4n) is 4.95. The normalized spacial score (nSPS) is 25.1. The van der Waals surface area contributed by atoms with Crippen molar-refractivity contribution in [1.82, 2.24) is 4.90 Å². The SMILES string of the molecule is COC1CCOC1.COC1OC(=O)c2ccccc21.COCC1=C(C)OC(C)O1.COCC1COC(C)(C)O1.COCCN1CCOCC1. The van der Waals surface area contributed by atoms with Crippen molar-refractivity contribution < 1.29 is 61.6 Å². The Morgan fingerprint density at radius 1 is 0.878 bits per heavy atom. The summed E-state index contributed by atoms with van der Waals surface area (Å²) < 4.78 is 61.0. The number of morpholine rings is 1. The van der Waals surface area contributed by atoms with E-state index in [1.54, 1.807) is 40.6 Å². The fraction of sp³-hybridized carbons (Fsp3) is 0.743. The molecule has 3 fully saturated rings. The largest absolute Gasteiger partial charge is 0.456 e. The monoisotopic (exact) mass is 701 g/mol. The second kappa shape index (κ2) is 23.9. The lowest BCUT2D eigenvalue weighted by Crippen LogP contribution is -2.38. The minimum Gasteiger partial charge on any atom is -0.456 e. The predicted octanol–water partition coefficient (Wildman–Crippen LogP) is 3.93. The number of hydrogen-bond acceptors (Lipinski definition) is 14. The average Bonchev–Trinajstić information content (AvgIpc) is 3.89. The van der Waals surface area contributed by atoms with Crippen molar-refractivity contribution in [1.29, 1.82) is 0 Å². The van der Waals surface area contributed by atoms with Crippen LogP contribution in [-0.2, 0) is 56.8 Å². The van der Waals surface area contributed by atoms with Crippen LogP contribution in [0.15, 0.2) is 35.8 Å². The molecule has 0 bridgehead atoms. The van der Waals surface area contributed by atoms with Gasteiger partial charge in [-0.1, -0.05) is 18.2 Å². The van der Waals surface area contributed by atoms with E-state index in [4.69, 9.17) is 56.8 Å². The van der Waals surface area contributed by atoms with Crippen molar-refractivity contribution >= 4 is 5.97 Å². The summed E-state index contributed by atoms with van der Waals surface area (Å²) in [4.78, 5) is 13.5. The minimum atomic E-state index is -0.520. The number of methoxy groups -OCH3 is 5. The topological polar surface area (TPSA) is 131 Å². The zero-order valence-electron chi connectivity index (χ0n) is 30.9. The lowest BCUT2D eigenvalue weighted by atomic mass is 10.1. The smallest absolute Gasteiger partial charge is 0.341 e. The lowest BCUT2D eigenvalue weighted by molar-refractivity contribution is -0.143. The van der Waals surface area contributed by atoms with E-state index in [-0.39, 0.29) is 18.4 Å². The van der Waals surface area contributed by atoms with Gasteiger partial charge in [0.25, 0.3) is 0 Å². The zero-order valence-corrected chi connectivity index (χ0v) is 30.9. The summed E-state index contributed by atoms with van der Waals surface area (Å²) in [6, 6.07) is 7.22. The zero-order chi connectivity index (χ0) is 36.1. The number of cyclic esters (lactones) is 1. The van der Waals surface area contributed by atoms with E-state index in [1.807, 2.05) is 39.8 Å². The number of hydrogen-bond donors (Lipinski definition) is 0. The number of allylic oxidation sites excluding steroid dienone is 1. The third-order valence-electron chi connectivity index (χ3n) is 7.54. The number of esters is 1. The standard InChI is InChI=1S/C9H8O3.C7H15NO2.C7H14O3.C7H12O3.C5H10O2/c1-11-9-7-5-3-2-4-6(7)8(10)12-9;1-9-5-2-8-3-6-10-7-4-8;1-7(2)9-5-6(10-7)4-8-3;1-5-7(4-8-3)10-6(2)9-5;1-6-5-2-3-7-4-5/h2-5,9H,1H3;2-7H2,1H3;6H,4-5H2,1-3H3;6H,4H2,1-3H3;5H,2-4H2,1H3. The molecule has 0 amide bonds. The molecule has 0 aromatic heterocycles. The van der Waals surface area contributed by atoms with Gasteiger partial charge in [-0.25, -0.2) is 4.79 Å². The van der Waals surface area contributed by atoms with Crippen LogP contribution in [0, 0.1) is 0 Å². The first-order valence-electron chi connectivity index (χ1n) is 16.6. The highest BCUT2D eigenvalue weighted by molar-refractivity contribution is 5.93. The van der Waals surface area contributed by atoms with E-state index >= 15 is 0 Å². The van der Waals surface area contributed by atoms with Gasteiger partial charge in [-0.3, -0.25) is 4.90 Å². The summed E-state index contributed by atoms with van der Waals surface area (Å²) in [5.74, 6) is 0.908. The van der Waals surface area contributed by atoms with E-state index in [0.717, 1.165) is 76.2 Å². The molecule has 0 aliphatic carbocycles. The van der Waals surface area contributed by atoms with Crippen molar-refractivity contribution in [3.63, 3.8) is 0 Å². The average molecular weight is 702 g/mol. The van der Waals surface area contributed by atoms with Gasteiger partial charge in [0, 0.05) is 74.3 Å². The van der Waals surface area contributed by atoms with E-state index in [9.17, 15) is 4.79 Å². The van der Waals surface area contributed by atoms with Gasteiger partial charge in [0.05, 0.1) is 51.3 Å². The van der Waals surface area contributed by atoms with Crippen molar-refractivity contribution in [2.24, 2.45) is 0 Å². The Morgan fingerprint density at radius 3 is 2.12 bits per heavy atom. The summed E-state index contributed by atoms with van der Waals surface area (Å²) in [7, 11) is 8.27. The molecule has 49 heavy (non-hydrogen) atoms. The van der Waals surface area contributed by atoms with Gasteiger partial charge in [0.15, 0.2) is 11.5 Å². The van der Waals surface area contributed by atoms with Crippen LogP contribution < -0.4 is 0 Å². The molecule has 5 heterocycles. The molecule has 3 saturated heterocycles. The van der Waals surface area contributed by atoms with Crippen LogP contribution in [0.25, 0.3) is 0 Å². The van der Waals surface area contributed by atoms with E-state index < -0.39 is 12.1 Å². The molecule has 14 nitrogen and oxygen atoms in total. The minimum absolute atomic E-state index is 0.111. The molecule has 5 aliphatic rings. The molecule has 6 rings (SSSR count). The van der Waals surface area contributed by atoms with Gasteiger partial charge in [0.1, 0.15) is 18.5 Å². The number of carbonyl (C=O) groups excluding carboxylic acids is 1. The number of nitrogens with zero attached hydrogens (tertiary/aromatic N) is 1. The first kappa shape index (κ1) is 42.8. The van der Waals surface area contributed by atoms with Crippen LogP contribution in [0.4, 0.5) is 0 Å². The molecular formula is C35H59NO13. The summed E-state index contributed by atoms with van der Waals surface area (Å²) in [6.07, 6.45) is 0.884. The van der Waals surface area contributed by atoms with E-state index in [1.165, 1.54) is 7.11 Å². The summed E-state index contributed by atoms with van der Waals surface area (Å²) >= 11 is 0. The van der Waals surface area contributed by atoms with Gasteiger partial charge < -0.3 is 56.8 Å². The summed E-state index contributed by atoms with van der Waals surface area (Å²) in [6.45, 7) is 16.7. The van der Waals surface area contributed by atoms with Crippen LogP contribution in [0.3, 0.4) is 0 Å². The molecule has 4 unspecified atom stereocenters. The number of fused-ring (bicyclic) bond motifs is 1. The quantitative estimate of drug-likeness (QED) is 0.345. The maximum atomic E-state index is 11.1. The summed E-state index contributed by atoms with van der Waals surface area (Å²) in [5, 5.41) is 0. The second-order valence-corrected chi connectivity index (χ2v) is 11.9. The molecule has 1 aromatic carbocycles. The first-order valence-corrected chi connectivity index (χ1v) is 16.6. The molecule has 1 aromatic rings. The summed E-state index contributed by atoms with van der Waals surface area (Å²) in [5.41, 5.74) is 1.41. The number of rotatable bonds is 9. The first-order chi connectivity index (χ1) is 23.6. The Labute approximate surface area is 292 Å². The van der Waals surface area contributed by atoms with Crippen LogP contribution in [0.5, 0.6) is 0 Å². The van der Waals surface area contributed by atoms with Crippen LogP contribution in [0.1, 0.15) is 56.3 Å². The Balaban J connectivity index is 0.000000215. The maximum absolute atomic E-state index is 11.1. The molecule has 14 heteroatoms. The molecular weight excluding hydrogens is 642 g/mol. The van der Waals surface area contributed by atoms with Crippen LogP contribution >= 0.6 is 0 Å². The van der Waals surface area contributed by atoms with Gasteiger partial charge in [-0.05, 0) is 33.3 Å². The second-order valence-electron chi connectivity index (χ2n) is 11.9. The van der Waals surface area contributed by atoms with Crippen LogP contribution in [-0.4, -0.2) is 143 Å². The molecule has 282 valence electrons. The van der Waals surface area contributed by atoms with Crippen molar-refractivity contribution in [3.8, 4) is 0 Å². The Hall–Kier alpha value is -2.37.